The Balaban J connectivity index is 2.53. The average molecular weight is 549 g/mol. The molecule has 6 atom stereocenters. The monoisotopic (exact) mass is 548 g/mol. The van der Waals surface area contributed by atoms with Crippen molar-refractivity contribution in [3.8, 4) is 0 Å². The Hall–Kier alpha value is -1.30. The molecule has 1 heterocycles. The van der Waals surface area contributed by atoms with Gasteiger partial charge in [0.25, 0.3) is 0 Å². The van der Waals surface area contributed by atoms with Crippen LogP contribution in [0.2, 0.25) is 0 Å². The zero-order valence-electron chi connectivity index (χ0n) is 23.4. The van der Waals surface area contributed by atoms with Gasteiger partial charge in [0.05, 0.1) is 13.2 Å². The SMILES string of the molecule is CCCCCCCCCCC(=O)O[C@H](COC(=O)CCCCCCC)CO[C@@H]1O[C@H](CO)[C@H](O)[C@H](O)[C@H]1O. The lowest BCUT2D eigenvalue weighted by atomic mass is 9.99. The first-order valence-corrected chi connectivity index (χ1v) is 14.6. The lowest BCUT2D eigenvalue weighted by Gasteiger charge is -2.39. The summed E-state index contributed by atoms with van der Waals surface area (Å²) in [6.45, 7) is 3.24. The van der Waals surface area contributed by atoms with E-state index < -0.39 is 55.4 Å². The van der Waals surface area contributed by atoms with Gasteiger partial charge in [-0.1, -0.05) is 84.5 Å². The molecule has 0 amide bonds. The second-order valence-electron chi connectivity index (χ2n) is 10.2. The number of carbonyl (C=O) groups excluding carboxylic acids is 2. The fourth-order valence-corrected chi connectivity index (χ4v) is 4.30. The fraction of sp³-hybridized carbons (Fsp3) is 0.929. The largest absolute Gasteiger partial charge is 0.462 e. The molecule has 0 aromatic carbocycles. The summed E-state index contributed by atoms with van der Waals surface area (Å²) < 4.78 is 21.7. The molecule has 0 radical (unpaired) electrons. The van der Waals surface area contributed by atoms with Gasteiger partial charge in [-0.25, -0.2) is 0 Å². The molecule has 10 heteroatoms. The molecule has 0 aromatic rings. The van der Waals surface area contributed by atoms with Gasteiger partial charge in [-0.2, -0.15) is 0 Å². The maximum absolute atomic E-state index is 12.4. The molecule has 0 spiro atoms. The van der Waals surface area contributed by atoms with Gasteiger partial charge >= 0.3 is 11.9 Å². The van der Waals surface area contributed by atoms with Crippen molar-refractivity contribution in [2.75, 3.05) is 19.8 Å². The lowest BCUT2D eigenvalue weighted by Crippen LogP contribution is -2.59. The van der Waals surface area contributed by atoms with Crippen LogP contribution in [0.1, 0.15) is 110 Å². The summed E-state index contributed by atoms with van der Waals surface area (Å²) in [6, 6.07) is 0. The molecule has 4 N–H and O–H groups in total. The molecule has 38 heavy (non-hydrogen) atoms. The first-order valence-electron chi connectivity index (χ1n) is 14.6. The molecule has 0 saturated carbocycles. The van der Waals surface area contributed by atoms with E-state index in [1.54, 1.807) is 0 Å². The van der Waals surface area contributed by atoms with Crippen molar-refractivity contribution in [2.24, 2.45) is 0 Å². The number of esters is 2. The second kappa shape index (κ2) is 21.5. The van der Waals surface area contributed by atoms with Crippen LogP contribution in [0.5, 0.6) is 0 Å². The number of carbonyl (C=O) groups is 2. The van der Waals surface area contributed by atoms with Gasteiger partial charge in [0.1, 0.15) is 31.0 Å². The van der Waals surface area contributed by atoms with Crippen LogP contribution >= 0.6 is 0 Å². The summed E-state index contributed by atoms with van der Waals surface area (Å²) in [5.41, 5.74) is 0. The van der Waals surface area contributed by atoms with Gasteiger partial charge in [-0.15, -0.1) is 0 Å². The van der Waals surface area contributed by atoms with Gasteiger partial charge in [-0.3, -0.25) is 9.59 Å². The molecule has 1 aliphatic heterocycles. The highest BCUT2D eigenvalue weighted by atomic mass is 16.7. The van der Waals surface area contributed by atoms with E-state index in [0.717, 1.165) is 51.4 Å². The van der Waals surface area contributed by atoms with Gasteiger partial charge in [0.15, 0.2) is 12.4 Å². The van der Waals surface area contributed by atoms with Crippen molar-refractivity contribution in [3.05, 3.63) is 0 Å². The first-order chi connectivity index (χ1) is 18.3. The van der Waals surface area contributed by atoms with E-state index in [-0.39, 0.29) is 26.1 Å². The molecule has 0 aliphatic carbocycles. The summed E-state index contributed by atoms with van der Waals surface area (Å²) in [5, 5.41) is 39.5. The Morgan fingerprint density at radius 1 is 0.711 bits per heavy atom. The summed E-state index contributed by atoms with van der Waals surface area (Å²) in [6.07, 6.45) is 6.15. The van der Waals surface area contributed by atoms with Crippen molar-refractivity contribution in [2.45, 2.75) is 147 Å². The van der Waals surface area contributed by atoms with Crippen molar-refractivity contribution in [1.82, 2.24) is 0 Å². The summed E-state index contributed by atoms with van der Waals surface area (Å²) in [4.78, 5) is 24.6. The Morgan fingerprint density at radius 2 is 1.24 bits per heavy atom. The zero-order chi connectivity index (χ0) is 28.2. The molecule has 1 saturated heterocycles. The third-order valence-electron chi connectivity index (χ3n) is 6.74. The Morgan fingerprint density at radius 3 is 1.79 bits per heavy atom. The summed E-state index contributed by atoms with van der Waals surface area (Å²) >= 11 is 0. The van der Waals surface area contributed by atoms with Crippen molar-refractivity contribution in [3.63, 3.8) is 0 Å². The van der Waals surface area contributed by atoms with Gasteiger partial charge in [0.2, 0.25) is 0 Å². The molecule has 10 nitrogen and oxygen atoms in total. The molecule has 1 fully saturated rings. The molecule has 1 aliphatic rings. The van der Waals surface area contributed by atoms with E-state index >= 15 is 0 Å². The minimum Gasteiger partial charge on any atom is -0.462 e. The van der Waals surface area contributed by atoms with E-state index in [1.807, 2.05) is 0 Å². The number of aliphatic hydroxyl groups excluding tert-OH is 4. The molecule has 0 unspecified atom stereocenters. The van der Waals surface area contributed by atoms with Crippen LogP contribution in [-0.4, -0.2) is 89.0 Å². The average Bonchev–Trinajstić information content (AvgIpc) is 2.91. The van der Waals surface area contributed by atoms with E-state index in [0.29, 0.717) is 6.42 Å². The van der Waals surface area contributed by atoms with Crippen LogP contribution in [0.15, 0.2) is 0 Å². The number of hydrogen-bond acceptors (Lipinski definition) is 10. The topological polar surface area (TPSA) is 152 Å². The standard InChI is InChI=1S/C28H52O10/c1-3-5-7-9-10-11-13-15-17-24(31)37-21(19-35-23(30)16-14-12-8-6-4-2)20-36-28-27(34)26(33)25(32)22(18-29)38-28/h21-22,25-29,32-34H,3-20H2,1-2H3/t21-,22-,25+,26+,27-,28-/m1/s1. The summed E-state index contributed by atoms with van der Waals surface area (Å²) in [5.74, 6) is -0.826. The van der Waals surface area contributed by atoms with Crippen LogP contribution < -0.4 is 0 Å². The third kappa shape index (κ3) is 14.7. The molecular weight excluding hydrogens is 496 g/mol. The maximum Gasteiger partial charge on any atom is 0.306 e. The van der Waals surface area contributed by atoms with Crippen LogP contribution in [0.4, 0.5) is 0 Å². The fourth-order valence-electron chi connectivity index (χ4n) is 4.30. The molecular formula is C28H52O10. The minimum atomic E-state index is -1.58. The highest BCUT2D eigenvalue weighted by molar-refractivity contribution is 5.70. The number of unbranched alkanes of at least 4 members (excludes halogenated alkanes) is 11. The van der Waals surface area contributed by atoms with Crippen LogP contribution in [0.3, 0.4) is 0 Å². The maximum atomic E-state index is 12.4. The highest BCUT2D eigenvalue weighted by Gasteiger charge is 2.44. The normalized spacial score (nSPS) is 24.2. The Labute approximate surface area is 228 Å². The lowest BCUT2D eigenvalue weighted by molar-refractivity contribution is -0.305. The van der Waals surface area contributed by atoms with Gasteiger partial charge < -0.3 is 39.4 Å². The minimum absolute atomic E-state index is 0.214. The number of rotatable bonds is 22. The van der Waals surface area contributed by atoms with E-state index in [9.17, 15) is 30.0 Å². The predicted octanol–water partition coefficient (Wildman–Crippen LogP) is 3.15. The number of aliphatic hydroxyl groups is 4. The van der Waals surface area contributed by atoms with Crippen molar-refractivity contribution < 1.29 is 49.0 Å². The van der Waals surface area contributed by atoms with Gasteiger partial charge in [-0.05, 0) is 12.8 Å². The molecule has 224 valence electrons. The quantitative estimate of drug-likeness (QED) is 0.117. The number of hydrogen-bond donors (Lipinski definition) is 4. The first kappa shape index (κ1) is 34.7. The zero-order valence-corrected chi connectivity index (χ0v) is 23.4. The third-order valence-corrected chi connectivity index (χ3v) is 6.74. The van der Waals surface area contributed by atoms with Gasteiger partial charge in [0, 0.05) is 12.8 Å². The molecule has 0 bridgehead atoms. The highest BCUT2D eigenvalue weighted by Crippen LogP contribution is 2.22. The van der Waals surface area contributed by atoms with E-state index in [4.69, 9.17) is 18.9 Å². The summed E-state index contributed by atoms with van der Waals surface area (Å²) in [7, 11) is 0. The second-order valence-corrected chi connectivity index (χ2v) is 10.2. The van der Waals surface area contributed by atoms with Crippen molar-refractivity contribution in [1.29, 1.82) is 0 Å². The predicted molar refractivity (Wildman–Crippen MR) is 141 cm³/mol. The Kier molecular flexibility index (Phi) is 19.7. The van der Waals surface area contributed by atoms with E-state index in [2.05, 4.69) is 13.8 Å². The molecule has 0 aromatic heterocycles. The smallest absolute Gasteiger partial charge is 0.306 e. The van der Waals surface area contributed by atoms with Crippen molar-refractivity contribution >= 4 is 11.9 Å². The van der Waals surface area contributed by atoms with Crippen LogP contribution in [-0.2, 0) is 28.5 Å². The van der Waals surface area contributed by atoms with Crippen LogP contribution in [0.25, 0.3) is 0 Å². The van der Waals surface area contributed by atoms with E-state index in [1.165, 1.54) is 25.7 Å². The molecule has 1 rings (SSSR count). The number of ether oxygens (including phenoxy) is 4. The Bertz CT molecular complexity index is 614. The van der Waals surface area contributed by atoms with Crippen LogP contribution in [0, 0.1) is 0 Å².